The molecule has 1 N–H and O–H groups in total. The number of nitrogens with zero attached hydrogens (tertiary/aromatic N) is 4. The Morgan fingerprint density at radius 3 is 2.57 bits per heavy atom. The van der Waals surface area contributed by atoms with Crippen LogP contribution in [-0.2, 0) is 13.0 Å². The molecule has 1 saturated heterocycles. The number of nitrogens with one attached hydrogen (secondary N) is 1. The lowest BCUT2D eigenvalue weighted by Crippen LogP contribution is -2.51. The molecule has 28 heavy (non-hydrogen) atoms. The normalized spacial score (nSPS) is 16.5. The Morgan fingerprint density at radius 2 is 1.79 bits per heavy atom. The van der Waals surface area contributed by atoms with Crippen molar-refractivity contribution in [3.63, 3.8) is 0 Å². The summed E-state index contributed by atoms with van der Waals surface area (Å²) in [4.78, 5) is 29.0. The third-order valence-corrected chi connectivity index (χ3v) is 5.42. The zero-order valence-electron chi connectivity index (χ0n) is 16.1. The summed E-state index contributed by atoms with van der Waals surface area (Å²) in [5, 5.41) is 7.25. The summed E-state index contributed by atoms with van der Waals surface area (Å²) in [5.74, 6) is 0.642. The summed E-state index contributed by atoms with van der Waals surface area (Å²) in [7, 11) is 1.57. The molecule has 2 aliphatic heterocycles. The summed E-state index contributed by atoms with van der Waals surface area (Å²) >= 11 is 0. The number of rotatable bonds is 3. The van der Waals surface area contributed by atoms with Crippen molar-refractivity contribution in [3.8, 4) is 5.75 Å². The van der Waals surface area contributed by atoms with E-state index in [2.05, 4.69) is 10.4 Å². The molecule has 0 radical (unpaired) electrons. The van der Waals surface area contributed by atoms with Gasteiger partial charge in [0.15, 0.2) is 0 Å². The van der Waals surface area contributed by atoms with Crippen LogP contribution in [0.5, 0.6) is 5.75 Å². The molecule has 2 aromatic rings. The molecule has 4 rings (SSSR count). The second-order valence-electron chi connectivity index (χ2n) is 7.09. The number of ether oxygens (including phenoxy) is 1. The van der Waals surface area contributed by atoms with Gasteiger partial charge in [0.05, 0.1) is 30.3 Å². The monoisotopic (exact) mass is 383 g/mol. The number of carbonyl (C=O) groups excluding carboxylic acids is 2. The molecule has 0 aliphatic carbocycles. The van der Waals surface area contributed by atoms with Gasteiger partial charge < -0.3 is 19.9 Å². The van der Waals surface area contributed by atoms with Gasteiger partial charge in [0.25, 0.3) is 5.91 Å². The average molecular weight is 383 g/mol. The van der Waals surface area contributed by atoms with Gasteiger partial charge in [0.1, 0.15) is 5.75 Å². The summed E-state index contributed by atoms with van der Waals surface area (Å²) in [5.41, 5.74) is 2.40. The highest BCUT2D eigenvalue weighted by Crippen LogP contribution is 2.24. The minimum atomic E-state index is -0.181. The van der Waals surface area contributed by atoms with Gasteiger partial charge in [-0.15, -0.1) is 0 Å². The van der Waals surface area contributed by atoms with Crippen molar-refractivity contribution in [2.24, 2.45) is 0 Å². The van der Waals surface area contributed by atoms with Crippen molar-refractivity contribution in [2.75, 3.05) is 38.6 Å². The first-order chi connectivity index (χ1) is 13.7. The van der Waals surface area contributed by atoms with E-state index >= 15 is 0 Å². The third-order valence-electron chi connectivity index (χ3n) is 5.42. The fourth-order valence-corrected chi connectivity index (χ4v) is 3.82. The Hall–Kier alpha value is -3.03. The molecule has 0 spiro atoms. The topological polar surface area (TPSA) is 79.7 Å². The molecule has 3 amide bonds. The molecule has 8 heteroatoms. The number of hydrogen-bond donors (Lipinski definition) is 1. The van der Waals surface area contributed by atoms with E-state index < -0.39 is 0 Å². The summed E-state index contributed by atoms with van der Waals surface area (Å²) in [6.45, 7) is 2.91. The maximum absolute atomic E-state index is 12.9. The van der Waals surface area contributed by atoms with Crippen molar-refractivity contribution in [3.05, 3.63) is 41.7 Å². The zero-order valence-corrected chi connectivity index (χ0v) is 16.1. The zero-order chi connectivity index (χ0) is 19.5. The molecule has 2 aliphatic rings. The van der Waals surface area contributed by atoms with Crippen LogP contribution in [0.3, 0.4) is 0 Å². The quantitative estimate of drug-likeness (QED) is 0.881. The fourth-order valence-electron chi connectivity index (χ4n) is 3.82. The van der Waals surface area contributed by atoms with Crippen LogP contribution < -0.4 is 10.1 Å². The van der Waals surface area contributed by atoms with Gasteiger partial charge in [-0.3, -0.25) is 9.48 Å². The van der Waals surface area contributed by atoms with Crippen molar-refractivity contribution < 1.29 is 14.3 Å². The van der Waals surface area contributed by atoms with Crippen molar-refractivity contribution in [1.29, 1.82) is 0 Å². The van der Waals surface area contributed by atoms with E-state index in [-0.39, 0.29) is 11.9 Å². The highest BCUT2D eigenvalue weighted by Gasteiger charge is 2.28. The minimum Gasteiger partial charge on any atom is -0.495 e. The molecule has 0 unspecified atom stereocenters. The van der Waals surface area contributed by atoms with Gasteiger partial charge in [-0.1, -0.05) is 12.1 Å². The summed E-state index contributed by atoms with van der Waals surface area (Å²) < 4.78 is 7.23. The fraction of sp³-hybridized carbons (Fsp3) is 0.450. The highest BCUT2D eigenvalue weighted by molar-refractivity contribution is 5.95. The summed E-state index contributed by atoms with van der Waals surface area (Å²) in [6.07, 6.45) is 4.82. The van der Waals surface area contributed by atoms with E-state index in [1.807, 2.05) is 21.7 Å². The molecular weight excluding hydrogens is 358 g/mol. The molecule has 0 bridgehead atoms. The second-order valence-corrected chi connectivity index (χ2v) is 7.09. The van der Waals surface area contributed by atoms with E-state index in [0.29, 0.717) is 43.2 Å². The number of aromatic nitrogens is 2. The maximum Gasteiger partial charge on any atom is 0.322 e. The number of methoxy groups -OCH3 is 1. The van der Waals surface area contributed by atoms with Gasteiger partial charge in [-0.25, -0.2) is 4.79 Å². The molecule has 3 heterocycles. The smallest absolute Gasteiger partial charge is 0.322 e. The van der Waals surface area contributed by atoms with Gasteiger partial charge in [0, 0.05) is 32.7 Å². The first-order valence-electron chi connectivity index (χ1n) is 9.70. The Bertz CT molecular complexity index is 870. The van der Waals surface area contributed by atoms with E-state index in [9.17, 15) is 9.59 Å². The second kappa shape index (κ2) is 7.92. The van der Waals surface area contributed by atoms with Crippen LogP contribution in [0.15, 0.2) is 30.5 Å². The van der Waals surface area contributed by atoms with Crippen LogP contribution in [0.4, 0.5) is 10.5 Å². The number of aryl methyl sites for hydroxylation is 1. The number of fused-ring (bicyclic) bond motifs is 1. The maximum atomic E-state index is 12.9. The lowest BCUT2D eigenvalue weighted by molar-refractivity contribution is 0.0670. The van der Waals surface area contributed by atoms with Gasteiger partial charge in [-0.2, -0.15) is 5.10 Å². The highest BCUT2D eigenvalue weighted by atomic mass is 16.5. The number of piperazine rings is 1. The predicted molar refractivity (Wildman–Crippen MR) is 105 cm³/mol. The molecule has 1 fully saturated rings. The summed E-state index contributed by atoms with van der Waals surface area (Å²) in [6, 6.07) is 7.13. The SMILES string of the molecule is COc1ccccc1NC(=O)N1CCN(C(=O)c2cnn3c2CCCC3)CC1. The Kier molecular flexibility index (Phi) is 5.18. The molecule has 1 aromatic carbocycles. The number of carbonyl (C=O) groups is 2. The number of anilines is 1. The van der Waals surface area contributed by atoms with Crippen LogP contribution in [0.25, 0.3) is 0 Å². The van der Waals surface area contributed by atoms with E-state index in [0.717, 1.165) is 31.5 Å². The lowest BCUT2D eigenvalue weighted by Gasteiger charge is -2.34. The van der Waals surface area contributed by atoms with E-state index in [1.54, 1.807) is 30.3 Å². The first-order valence-corrected chi connectivity index (χ1v) is 9.70. The molecule has 0 saturated carbocycles. The number of amides is 3. The van der Waals surface area contributed by atoms with E-state index in [4.69, 9.17) is 4.74 Å². The molecule has 1 aromatic heterocycles. The number of hydrogen-bond acceptors (Lipinski definition) is 4. The molecule has 8 nitrogen and oxygen atoms in total. The number of para-hydroxylation sites is 2. The Morgan fingerprint density at radius 1 is 1.04 bits per heavy atom. The molecule has 0 atom stereocenters. The van der Waals surface area contributed by atoms with Crippen LogP contribution in [0.2, 0.25) is 0 Å². The van der Waals surface area contributed by atoms with E-state index in [1.165, 1.54) is 0 Å². The Labute approximate surface area is 164 Å². The van der Waals surface area contributed by atoms with Crippen LogP contribution in [0.1, 0.15) is 28.9 Å². The van der Waals surface area contributed by atoms with Gasteiger partial charge in [-0.05, 0) is 31.4 Å². The minimum absolute atomic E-state index is 0.0212. The van der Waals surface area contributed by atoms with Crippen molar-refractivity contribution in [1.82, 2.24) is 19.6 Å². The number of urea groups is 1. The Balaban J connectivity index is 1.36. The number of benzene rings is 1. The lowest BCUT2D eigenvalue weighted by atomic mass is 10.1. The van der Waals surface area contributed by atoms with Crippen LogP contribution >= 0.6 is 0 Å². The first kappa shape index (κ1) is 18.3. The molecule has 148 valence electrons. The molecular formula is C20H25N5O3. The average Bonchev–Trinajstić information content (AvgIpc) is 3.18. The van der Waals surface area contributed by atoms with Crippen LogP contribution in [-0.4, -0.2) is 64.8 Å². The van der Waals surface area contributed by atoms with Gasteiger partial charge in [0.2, 0.25) is 0 Å². The third kappa shape index (κ3) is 3.54. The van der Waals surface area contributed by atoms with Crippen molar-refractivity contribution in [2.45, 2.75) is 25.8 Å². The van der Waals surface area contributed by atoms with Crippen LogP contribution in [0, 0.1) is 0 Å². The predicted octanol–water partition coefficient (Wildman–Crippen LogP) is 2.22. The standard InChI is InChI=1S/C20H25N5O3/c1-28-18-8-3-2-6-16(18)22-20(27)24-12-10-23(11-13-24)19(26)15-14-21-25-9-5-4-7-17(15)25/h2-3,6,8,14H,4-5,7,9-13H2,1H3,(H,22,27). The van der Waals surface area contributed by atoms with Gasteiger partial charge >= 0.3 is 6.03 Å². The largest absolute Gasteiger partial charge is 0.495 e. The van der Waals surface area contributed by atoms with Crippen molar-refractivity contribution >= 4 is 17.6 Å².